The number of nitrogens with zero attached hydrogens (tertiary/aromatic N) is 4. The fraction of sp³-hybridized carbons (Fsp3) is 0.478. The van der Waals surface area contributed by atoms with E-state index >= 15 is 0 Å². The number of furan rings is 1. The number of rotatable bonds is 8. The van der Waals surface area contributed by atoms with Crippen molar-refractivity contribution in [1.29, 1.82) is 0 Å². The number of aryl methyl sites for hydroxylation is 1. The van der Waals surface area contributed by atoms with Crippen molar-refractivity contribution >= 4 is 41.0 Å². The van der Waals surface area contributed by atoms with Crippen LogP contribution in [0, 0.1) is 0 Å². The van der Waals surface area contributed by atoms with Gasteiger partial charge in [-0.3, -0.25) is 9.89 Å². The first-order valence-corrected chi connectivity index (χ1v) is 11.0. The minimum atomic E-state index is 0. The minimum absolute atomic E-state index is 0. The molecule has 3 aromatic rings. The van der Waals surface area contributed by atoms with Crippen molar-refractivity contribution in [3.05, 3.63) is 54.7 Å². The van der Waals surface area contributed by atoms with Crippen molar-refractivity contribution < 1.29 is 4.42 Å². The van der Waals surface area contributed by atoms with E-state index in [0.29, 0.717) is 0 Å². The molecule has 0 aliphatic carbocycles. The van der Waals surface area contributed by atoms with Gasteiger partial charge < -0.3 is 19.6 Å². The quantitative estimate of drug-likeness (QED) is 0.197. The molecule has 3 heterocycles. The van der Waals surface area contributed by atoms with Crippen LogP contribution in [-0.4, -0.2) is 53.6 Å². The molecule has 31 heavy (non-hydrogen) atoms. The van der Waals surface area contributed by atoms with Gasteiger partial charge in [-0.05, 0) is 56.6 Å². The van der Waals surface area contributed by atoms with Crippen LogP contribution in [0.2, 0.25) is 0 Å². The molecule has 7 nitrogen and oxygen atoms in total. The molecule has 1 aliphatic rings. The highest BCUT2D eigenvalue weighted by atomic mass is 127. The van der Waals surface area contributed by atoms with Crippen LogP contribution in [0.4, 0.5) is 0 Å². The Morgan fingerprint density at radius 1 is 1.13 bits per heavy atom. The van der Waals surface area contributed by atoms with Crippen LogP contribution in [0.5, 0.6) is 0 Å². The van der Waals surface area contributed by atoms with E-state index in [1.54, 1.807) is 6.26 Å². The van der Waals surface area contributed by atoms with Crippen LogP contribution in [0.1, 0.15) is 37.5 Å². The molecule has 2 N–H and O–H groups in total. The van der Waals surface area contributed by atoms with Gasteiger partial charge in [0.1, 0.15) is 5.76 Å². The molecule has 1 atom stereocenters. The lowest BCUT2D eigenvalue weighted by Gasteiger charge is -2.33. The Labute approximate surface area is 201 Å². The Morgan fingerprint density at radius 3 is 2.74 bits per heavy atom. The molecule has 0 bridgehead atoms. The zero-order valence-electron chi connectivity index (χ0n) is 18.2. The third-order valence-corrected chi connectivity index (χ3v) is 5.79. The van der Waals surface area contributed by atoms with Crippen LogP contribution in [-0.2, 0) is 6.54 Å². The number of hydrogen-bond acceptors (Lipinski definition) is 4. The number of aromatic nitrogens is 2. The summed E-state index contributed by atoms with van der Waals surface area (Å²) in [6, 6.07) is 12.5. The van der Waals surface area contributed by atoms with Crippen LogP contribution in [0.25, 0.3) is 11.0 Å². The third-order valence-electron chi connectivity index (χ3n) is 5.79. The van der Waals surface area contributed by atoms with Gasteiger partial charge in [-0.2, -0.15) is 0 Å². The number of guanidine groups is 1. The highest BCUT2D eigenvalue weighted by molar-refractivity contribution is 14.0. The highest BCUT2D eigenvalue weighted by Gasteiger charge is 2.24. The molecular weight excluding hydrogens is 503 g/mol. The summed E-state index contributed by atoms with van der Waals surface area (Å²) in [6.45, 7) is 4.80. The standard InChI is InChI=1S/C23H32N6O.HI/c1-24-23(25-12-8-15-29-18-27-19-9-3-4-10-20(19)29)26-17-21(22-11-7-16-30-22)28-13-5-2-6-14-28;/h3-4,7,9-11,16,18,21H,2,5-6,8,12-15,17H2,1H3,(H2,24,25,26);1H. The van der Waals surface area contributed by atoms with E-state index in [2.05, 4.69) is 48.3 Å². The number of aliphatic imine (C=N–C) groups is 1. The van der Waals surface area contributed by atoms with E-state index < -0.39 is 0 Å². The predicted molar refractivity (Wildman–Crippen MR) is 136 cm³/mol. The molecule has 4 rings (SSSR count). The molecule has 1 aromatic carbocycles. The summed E-state index contributed by atoms with van der Waals surface area (Å²) < 4.78 is 7.94. The molecule has 1 fully saturated rings. The summed E-state index contributed by atoms with van der Waals surface area (Å²) in [6.07, 6.45) is 8.52. The SMILES string of the molecule is CN=C(NCCCn1cnc2ccccc21)NCC(c1ccco1)N1CCCCC1.I. The van der Waals surface area contributed by atoms with Crippen molar-refractivity contribution in [3.63, 3.8) is 0 Å². The van der Waals surface area contributed by atoms with Crippen molar-refractivity contribution in [2.75, 3.05) is 33.2 Å². The zero-order valence-corrected chi connectivity index (χ0v) is 20.5. The smallest absolute Gasteiger partial charge is 0.191 e. The number of benzene rings is 1. The van der Waals surface area contributed by atoms with E-state index in [9.17, 15) is 0 Å². The monoisotopic (exact) mass is 536 g/mol. The summed E-state index contributed by atoms with van der Waals surface area (Å²) in [5.41, 5.74) is 2.23. The van der Waals surface area contributed by atoms with Gasteiger partial charge >= 0.3 is 0 Å². The number of imidazole rings is 1. The Bertz CT molecular complexity index is 933. The lowest BCUT2D eigenvalue weighted by molar-refractivity contribution is 0.146. The number of likely N-dealkylation sites (tertiary alicyclic amines) is 1. The average Bonchev–Trinajstić information content (AvgIpc) is 3.47. The van der Waals surface area contributed by atoms with Crippen molar-refractivity contribution in [2.24, 2.45) is 4.99 Å². The molecule has 0 saturated carbocycles. The van der Waals surface area contributed by atoms with Crippen molar-refractivity contribution in [2.45, 2.75) is 38.3 Å². The Kier molecular flexibility index (Phi) is 9.20. The second-order valence-corrected chi connectivity index (χ2v) is 7.79. The number of hydrogen-bond donors (Lipinski definition) is 2. The summed E-state index contributed by atoms with van der Waals surface area (Å²) >= 11 is 0. The first-order chi connectivity index (χ1) is 14.8. The van der Waals surface area contributed by atoms with E-state index in [-0.39, 0.29) is 30.0 Å². The topological polar surface area (TPSA) is 70.6 Å². The first-order valence-electron chi connectivity index (χ1n) is 11.0. The number of halogens is 1. The molecular formula is C23H33IN6O. The van der Waals surface area contributed by atoms with Crippen LogP contribution in [0.3, 0.4) is 0 Å². The molecule has 2 aromatic heterocycles. The van der Waals surface area contributed by atoms with Gasteiger partial charge in [0.15, 0.2) is 5.96 Å². The number of nitrogens with one attached hydrogen (secondary N) is 2. The van der Waals surface area contributed by atoms with E-state index in [4.69, 9.17) is 4.42 Å². The second kappa shape index (κ2) is 12.1. The molecule has 168 valence electrons. The number of piperidine rings is 1. The summed E-state index contributed by atoms with van der Waals surface area (Å²) in [7, 11) is 1.82. The normalized spacial score (nSPS) is 16.1. The van der Waals surface area contributed by atoms with E-state index in [0.717, 1.165) is 56.4 Å². The van der Waals surface area contributed by atoms with Gasteiger partial charge in [0.05, 0.1) is 29.7 Å². The molecule has 0 amide bonds. The van der Waals surface area contributed by atoms with Crippen LogP contribution >= 0.6 is 24.0 Å². The van der Waals surface area contributed by atoms with Gasteiger partial charge in [-0.1, -0.05) is 18.6 Å². The summed E-state index contributed by atoms with van der Waals surface area (Å²) in [5.74, 6) is 1.85. The fourth-order valence-corrected chi connectivity index (χ4v) is 4.18. The van der Waals surface area contributed by atoms with Gasteiger partial charge in [0.2, 0.25) is 0 Å². The lowest BCUT2D eigenvalue weighted by Crippen LogP contribution is -2.44. The van der Waals surface area contributed by atoms with E-state index in [1.165, 1.54) is 24.8 Å². The molecule has 0 spiro atoms. The molecule has 1 unspecified atom stereocenters. The maximum absolute atomic E-state index is 5.74. The molecule has 1 saturated heterocycles. The number of para-hydroxylation sites is 2. The average molecular weight is 536 g/mol. The van der Waals surface area contributed by atoms with Crippen LogP contribution in [0.15, 0.2) is 58.4 Å². The lowest BCUT2D eigenvalue weighted by atomic mass is 10.1. The Hall–Kier alpha value is -2.07. The second-order valence-electron chi connectivity index (χ2n) is 7.79. The maximum Gasteiger partial charge on any atom is 0.191 e. The molecule has 0 radical (unpaired) electrons. The minimum Gasteiger partial charge on any atom is -0.468 e. The van der Waals surface area contributed by atoms with Gasteiger partial charge in [-0.15, -0.1) is 24.0 Å². The predicted octanol–water partition coefficient (Wildman–Crippen LogP) is 4.03. The van der Waals surface area contributed by atoms with Crippen LogP contribution < -0.4 is 10.6 Å². The Balaban J connectivity index is 0.00000272. The zero-order chi connectivity index (χ0) is 20.6. The third kappa shape index (κ3) is 6.22. The first kappa shape index (κ1) is 23.6. The summed E-state index contributed by atoms with van der Waals surface area (Å²) in [5, 5.41) is 6.94. The fourth-order valence-electron chi connectivity index (χ4n) is 4.18. The van der Waals surface area contributed by atoms with E-state index in [1.807, 2.05) is 31.6 Å². The number of fused-ring (bicyclic) bond motifs is 1. The molecule has 8 heteroatoms. The maximum atomic E-state index is 5.74. The van der Waals surface area contributed by atoms with Gasteiger partial charge in [0.25, 0.3) is 0 Å². The Morgan fingerprint density at radius 2 is 1.97 bits per heavy atom. The molecule has 1 aliphatic heterocycles. The van der Waals surface area contributed by atoms with Crippen molar-refractivity contribution in [1.82, 2.24) is 25.1 Å². The van der Waals surface area contributed by atoms with Gasteiger partial charge in [-0.25, -0.2) is 4.98 Å². The highest BCUT2D eigenvalue weighted by Crippen LogP contribution is 2.24. The summed E-state index contributed by atoms with van der Waals surface area (Å²) in [4.78, 5) is 11.4. The van der Waals surface area contributed by atoms with Gasteiger partial charge in [0, 0.05) is 26.7 Å². The largest absolute Gasteiger partial charge is 0.468 e. The van der Waals surface area contributed by atoms with Crippen molar-refractivity contribution in [3.8, 4) is 0 Å².